The minimum atomic E-state index is -3.55. The molecule has 0 aliphatic carbocycles. The van der Waals surface area contributed by atoms with E-state index in [1.54, 1.807) is 0 Å². The summed E-state index contributed by atoms with van der Waals surface area (Å²) in [4.78, 5) is 16.7. The molecule has 1 fully saturated rings. The van der Waals surface area contributed by atoms with E-state index in [2.05, 4.69) is 10.1 Å². The van der Waals surface area contributed by atoms with Crippen LogP contribution < -0.4 is 0 Å². The number of benzene rings is 1. The number of carbonyl (C=O) groups is 1. The lowest BCUT2D eigenvalue weighted by molar-refractivity contribution is 0.0459. The Kier molecular flexibility index (Phi) is 6.26. The lowest BCUT2D eigenvalue weighted by Gasteiger charge is -2.19. The Morgan fingerprint density at radius 2 is 1.83 bits per heavy atom. The molecule has 0 atom stereocenters. The number of ether oxygens (including phenoxy) is 1. The molecular formula is C20H21N3O5S2. The van der Waals surface area contributed by atoms with Crippen molar-refractivity contribution in [3.8, 4) is 11.5 Å². The second kappa shape index (κ2) is 9.07. The first-order valence-corrected chi connectivity index (χ1v) is 12.0. The fourth-order valence-corrected chi connectivity index (χ4v) is 5.37. The Morgan fingerprint density at radius 1 is 1.10 bits per heavy atom. The molecule has 0 N–H and O–H groups in total. The van der Waals surface area contributed by atoms with Crippen LogP contribution in [0.25, 0.3) is 11.5 Å². The quantitative estimate of drug-likeness (QED) is 0.531. The molecule has 0 radical (unpaired) electrons. The molecular weight excluding hydrogens is 426 g/mol. The molecule has 0 saturated carbocycles. The normalized spacial score (nSPS) is 15.6. The molecule has 10 heteroatoms. The highest BCUT2D eigenvalue weighted by Crippen LogP contribution is 2.22. The summed E-state index contributed by atoms with van der Waals surface area (Å²) in [6.07, 6.45) is 3.83. The van der Waals surface area contributed by atoms with Crippen LogP contribution in [0.2, 0.25) is 0 Å². The summed E-state index contributed by atoms with van der Waals surface area (Å²) >= 11 is 1.51. The summed E-state index contributed by atoms with van der Waals surface area (Å²) in [5.74, 6) is 0.0332. The molecule has 158 valence electrons. The molecule has 0 amide bonds. The highest BCUT2D eigenvalue weighted by atomic mass is 32.2. The van der Waals surface area contributed by atoms with Crippen LogP contribution in [0, 0.1) is 0 Å². The van der Waals surface area contributed by atoms with Crippen molar-refractivity contribution < 1.29 is 22.5 Å². The minimum Gasteiger partial charge on any atom is -0.454 e. The van der Waals surface area contributed by atoms with Gasteiger partial charge in [0.05, 0.1) is 16.0 Å². The maximum absolute atomic E-state index is 12.8. The van der Waals surface area contributed by atoms with Gasteiger partial charge in [-0.25, -0.2) is 13.2 Å². The number of esters is 1. The molecule has 1 aliphatic heterocycles. The van der Waals surface area contributed by atoms with E-state index in [1.807, 2.05) is 16.8 Å². The maximum atomic E-state index is 12.8. The minimum absolute atomic E-state index is 0.139. The SMILES string of the molecule is O=C(OCc1noc(-c2ccsc2)n1)c1ccc(S(=O)(=O)N2CCCCCC2)cc1. The van der Waals surface area contributed by atoms with Crippen LogP contribution >= 0.6 is 11.3 Å². The Labute approximate surface area is 178 Å². The highest BCUT2D eigenvalue weighted by molar-refractivity contribution is 7.89. The number of hydrogen-bond donors (Lipinski definition) is 0. The van der Waals surface area contributed by atoms with Gasteiger partial charge in [0.2, 0.25) is 15.8 Å². The molecule has 30 heavy (non-hydrogen) atoms. The van der Waals surface area contributed by atoms with Gasteiger partial charge in [-0.3, -0.25) is 0 Å². The standard InChI is InChI=1S/C20H21N3O5S2/c24-20(27-13-18-21-19(28-22-18)16-9-12-29-14-16)15-5-7-17(8-6-15)30(25,26)23-10-3-1-2-4-11-23/h5-9,12,14H,1-4,10-11,13H2. The van der Waals surface area contributed by atoms with Gasteiger partial charge in [0.15, 0.2) is 6.61 Å². The van der Waals surface area contributed by atoms with E-state index < -0.39 is 16.0 Å². The van der Waals surface area contributed by atoms with Gasteiger partial charge in [0, 0.05) is 18.5 Å². The van der Waals surface area contributed by atoms with Gasteiger partial charge < -0.3 is 9.26 Å². The molecule has 1 saturated heterocycles. The van der Waals surface area contributed by atoms with Crippen LogP contribution in [0.3, 0.4) is 0 Å². The summed E-state index contributed by atoms with van der Waals surface area (Å²) in [5, 5.41) is 7.58. The lowest BCUT2D eigenvalue weighted by atomic mass is 10.2. The van der Waals surface area contributed by atoms with Gasteiger partial charge in [-0.1, -0.05) is 18.0 Å². The van der Waals surface area contributed by atoms with Crippen molar-refractivity contribution in [2.45, 2.75) is 37.2 Å². The van der Waals surface area contributed by atoms with Gasteiger partial charge in [0.25, 0.3) is 5.89 Å². The molecule has 8 nitrogen and oxygen atoms in total. The third kappa shape index (κ3) is 4.61. The number of nitrogens with zero attached hydrogens (tertiary/aromatic N) is 3. The van der Waals surface area contributed by atoms with E-state index in [-0.39, 0.29) is 22.9 Å². The van der Waals surface area contributed by atoms with E-state index >= 15 is 0 Å². The molecule has 3 heterocycles. The van der Waals surface area contributed by atoms with Gasteiger partial charge in [-0.05, 0) is 48.6 Å². The number of carbonyl (C=O) groups excluding carboxylic acids is 1. The van der Waals surface area contributed by atoms with Crippen molar-refractivity contribution in [1.82, 2.24) is 14.4 Å². The summed E-state index contributed by atoms with van der Waals surface area (Å²) in [5.41, 5.74) is 1.07. The fourth-order valence-electron chi connectivity index (χ4n) is 3.22. The number of hydrogen-bond acceptors (Lipinski definition) is 8. The summed E-state index contributed by atoms with van der Waals surface area (Å²) in [6.45, 7) is 0.925. The average molecular weight is 448 g/mol. The van der Waals surface area contributed by atoms with E-state index in [4.69, 9.17) is 9.26 Å². The topological polar surface area (TPSA) is 103 Å². The van der Waals surface area contributed by atoms with E-state index in [0.717, 1.165) is 31.2 Å². The first kappa shape index (κ1) is 20.7. The third-order valence-corrected chi connectivity index (χ3v) is 7.46. The van der Waals surface area contributed by atoms with Gasteiger partial charge in [-0.15, -0.1) is 0 Å². The Morgan fingerprint density at radius 3 is 2.50 bits per heavy atom. The molecule has 2 aromatic heterocycles. The van der Waals surface area contributed by atoms with Crippen LogP contribution in [0.15, 0.2) is 50.5 Å². The van der Waals surface area contributed by atoms with Crippen molar-refractivity contribution in [2.75, 3.05) is 13.1 Å². The zero-order valence-corrected chi connectivity index (χ0v) is 17.8. The highest BCUT2D eigenvalue weighted by Gasteiger charge is 2.25. The molecule has 1 aromatic carbocycles. The van der Waals surface area contributed by atoms with Gasteiger partial charge in [0.1, 0.15) is 0 Å². The van der Waals surface area contributed by atoms with E-state index in [1.165, 1.54) is 39.9 Å². The van der Waals surface area contributed by atoms with E-state index in [0.29, 0.717) is 19.0 Å². The zero-order valence-electron chi connectivity index (χ0n) is 16.2. The third-order valence-electron chi connectivity index (χ3n) is 4.86. The number of rotatable bonds is 6. The Bertz CT molecular complexity index is 1080. The van der Waals surface area contributed by atoms with Crippen LogP contribution in [0.4, 0.5) is 0 Å². The van der Waals surface area contributed by atoms with Crippen molar-refractivity contribution >= 4 is 27.3 Å². The summed E-state index contributed by atoms with van der Waals surface area (Å²) in [6, 6.07) is 7.66. The van der Waals surface area contributed by atoms with Crippen LogP contribution in [0.5, 0.6) is 0 Å². The number of thiophene rings is 1. The first-order valence-electron chi connectivity index (χ1n) is 9.66. The van der Waals surface area contributed by atoms with Crippen LogP contribution in [0.1, 0.15) is 41.9 Å². The maximum Gasteiger partial charge on any atom is 0.338 e. The fraction of sp³-hybridized carbons (Fsp3) is 0.350. The lowest BCUT2D eigenvalue weighted by Crippen LogP contribution is -2.31. The molecule has 0 unspecified atom stereocenters. The summed E-state index contributed by atoms with van der Waals surface area (Å²) in [7, 11) is -3.55. The first-order chi connectivity index (χ1) is 14.5. The predicted molar refractivity (Wildman–Crippen MR) is 110 cm³/mol. The Hall–Kier alpha value is -2.56. The molecule has 0 bridgehead atoms. The van der Waals surface area contributed by atoms with Crippen molar-refractivity contribution in [2.24, 2.45) is 0 Å². The molecule has 0 spiro atoms. The smallest absolute Gasteiger partial charge is 0.338 e. The summed E-state index contributed by atoms with van der Waals surface area (Å²) < 4.78 is 37.5. The van der Waals surface area contributed by atoms with Crippen LogP contribution in [-0.4, -0.2) is 41.9 Å². The molecule has 4 rings (SSSR count). The number of aromatic nitrogens is 2. The van der Waals surface area contributed by atoms with Crippen molar-refractivity contribution in [1.29, 1.82) is 0 Å². The second-order valence-corrected chi connectivity index (χ2v) is 9.66. The Balaban J connectivity index is 1.38. The van der Waals surface area contributed by atoms with Crippen molar-refractivity contribution in [3.05, 3.63) is 52.5 Å². The van der Waals surface area contributed by atoms with Crippen LogP contribution in [-0.2, 0) is 21.4 Å². The zero-order chi connectivity index (χ0) is 21.0. The predicted octanol–water partition coefficient (Wildman–Crippen LogP) is 3.72. The van der Waals surface area contributed by atoms with Gasteiger partial charge >= 0.3 is 5.97 Å². The monoisotopic (exact) mass is 447 g/mol. The second-order valence-electron chi connectivity index (χ2n) is 6.95. The van der Waals surface area contributed by atoms with Crippen molar-refractivity contribution in [3.63, 3.8) is 0 Å². The largest absolute Gasteiger partial charge is 0.454 e. The van der Waals surface area contributed by atoms with E-state index in [9.17, 15) is 13.2 Å². The average Bonchev–Trinajstić information content (AvgIpc) is 3.38. The number of sulfonamides is 1. The molecule has 1 aliphatic rings. The molecule has 3 aromatic rings. The van der Waals surface area contributed by atoms with Gasteiger partial charge in [-0.2, -0.15) is 20.6 Å².